The zero-order valence-electron chi connectivity index (χ0n) is 11.1. The van der Waals surface area contributed by atoms with Crippen LogP contribution in [-0.4, -0.2) is 13.0 Å². The smallest absolute Gasteiger partial charge is 0.228 e. The van der Waals surface area contributed by atoms with Gasteiger partial charge in [0.15, 0.2) is 0 Å². The number of fused-ring (bicyclic) bond motifs is 5. The number of hydrogen-bond donors (Lipinski definition) is 1. The molecular weight excluding hydrogens is 238 g/mol. The quantitative estimate of drug-likeness (QED) is 0.904. The van der Waals surface area contributed by atoms with E-state index in [0.717, 1.165) is 23.3 Å². The number of anilines is 1. The topological polar surface area (TPSA) is 38.3 Å². The lowest BCUT2D eigenvalue weighted by atomic mass is 10.0. The van der Waals surface area contributed by atoms with E-state index in [0.29, 0.717) is 11.8 Å². The minimum absolute atomic E-state index is 0.205. The van der Waals surface area contributed by atoms with Gasteiger partial charge in [0.2, 0.25) is 5.91 Å². The highest BCUT2D eigenvalue weighted by molar-refractivity contribution is 5.96. The van der Waals surface area contributed by atoms with E-state index in [-0.39, 0.29) is 11.8 Å². The Labute approximate surface area is 113 Å². The van der Waals surface area contributed by atoms with Crippen LogP contribution in [0.25, 0.3) is 0 Å². The van der Waals surface area contributed by atoms with Crippen LogP contribution in [0.1, 0.15) is 19.3 Å². The fraction of sp³-hybridized carbons (Fsp3) is 0.562. The fourth-order valence-corrected chi connectivity index (χ4v) is 4.64. The van der Waals surface area contributed by atoms with Gasteiger partial charge in [-0.25, -0.2) is 0 Å². The Morgan fingerprint density at radius 1 is 1.21 bits per heavy atom. The summed E-state index contributed by atoms with van der Waals surface area (Å²) in [7, 11) is 1.64. The minimum atomic E-state index is 0.205. The number of carbonyl (C=O) groups excluding carboxylic acids is 1. The van der Waals surface area contributed by atoms with Crippen LogP contribution in [0, 0.1) is 29.6 Å². The lowest BCUT2D eigenvalue weighted by Gasteiger charge is -2.12. The lowest BCUT2D eigenvalue weighted by Crippen LogP contribution is -2.18. The maximum atomic E-state index is 12.4. The summed E-state index contributed by atoms with van der Waals surface area (Å²) in [5.41, 5.74) is 0.798. The molecule has 0 spiro atoms. The normalized spacial score (nSPS) is 37.8. The number of benzene rings is 1. The number of para-hydroxylation sites is 2. The van der Waals surface area contributed by atoms with Gasteiger partial charge in [-0.3, -0.25) is 4.79 Å². The molecular formula is C16H19NO2. The van der Waals surface area contributed by atoms with E-state index < -0.39 is 0 Å². The minimum Gasteiger partial charge on any atom is -0.495 e. The molecule has 1 aromatic carbocycles. The van der Waals surface area contributed by atoms with Crippen LogP contribution >= 0.6 is 0 Å². The molecule has 0 aromatic heterocycles. The Hall–Kier alpha value is -1.51. The van der Waals surface area contributed by atoms with Crippen molar-refractivity contribution in [1.29, 1.82) is 0 Å². The van der Waals surface area contributed by atoms with Crippen molar-refractivity contribution in [3.63, 3.8) is 0 Å². The first-order chi connectivity index (χ1) is 9.29. The number of hydrogen-bond acceptors (Lipinski definition) is 2. The summed E-state index contributed by atoms with van der Waals surface area (Å²) in [5, 5.41) is 3.06. The van der Waals surface area contributed by atoms with Crippen molar-refractivity contribution in [3.8, 4) is 5.75 Å². The Morgan fingerprint density at radius 3 is 2.58 bits per heavy atom. The van der Waals surface area contributed by atoms with Gasteiger partial charge in [0, 0.05) is 5.92 Å². The van der Waals surface area contributed by atoms with Gasteiger partial charge in [-0.1, -0.05) is 12.1 Å². The van der Waals surface area contributed by atoms with Crippen LogP contribution in [0.4, 0.5) is 5.69 Å². The van der Waals surface area contributed by atoms with Gasteiger partial charge in [0.25, 0.3) is 0 Å². The molecule has 4 unspecified atom stereocenters. The summed E-state index contributed by atoms with van der Waals surface area (Å²) in [4.78, 5) is 12.4. The van der Waals surface area contributed by atoms with Crippen LogP contribution in [-0.2, 0) is 4.79 Å². The van der Waals surface area contributed by atoms with Gasteiger partial charge in [0.05, 0.1) is 12.8 Å². The van der Waals surface area contributed by atoms with Crippen LogP contribution in [0.5, 0.6) is 5.75 Å². The maximum absolute atomic E-state index is 12.4. The van der Waals surface area contributed by atoms with Crippen molar-refractivity contribution < 1.29 is 9.53 Å². The molecule has 0 radical (unpaired) electrons. The van der Waals surface area contributed by atoms with E-state index in [1.807, 2.05) is 24.3 Å². The number of methoxy groups -OCH3 is 1. The summed E-state index contributed by atoms with van der Waals surface area (Å²) in [6.45, 7) is 0. The predicted molar refractivity (Wildman–Crippen MR) is 72.9 cm³/mol. The molecule has 19 heavy (non-hydrogen) atoms. The van der Waals surface area contributed by atoms with Gasteiger partial charge in [-0.2, -0.15) is 0 Å². The second-order valence-corrected chi connectivity index (χ2v) is 6.20. The molecule has 1 aromatic rings. The molecule has 3 saturated carbocycles. The monoisotopic (exact) mass is 257 g/mol. The van der Waals surface area contributed by atoms with E-state index in [1.165, 1.54) is 19.3 Å². The van der Waals surface area contributed by atoms with E-state index in [9.17, 15) is 4.79 Å². The highest BCUT2D eigenvalue weighted by Crippen LogP contribution is 2.69. The Kier molecular flexibility index (Phi) is 2.38. The van der Waals surface area contributed by atoms with Crippen molar-refractivity contribution in [1.82, 2.24) is 0 Å². The van der Waals surface area contributed by atoms with Gasteiger partial charge in [-0.15, -0.1) is 0 Å². The summed E-state index contributed by atoms with van der Waals surface area (Å²) in [5.74, 6) is 4.27. The maximum Gasteiger partial charge on any atom is 0.228 e. The highest BCUT2D eigenvalue weighted by Gasteiger charge is 2.67. The van der Waals surface area contributed by atoms with Crippen molar-refractivity contribution in [2.24, 2.45) is 29.6 Å². The molecule has 100 valence electrons. The summed E-state index contributed by atoms with van der Waals surface area (Å²) in [6, 6.07) is 7.63. The first kappa shape index (κ1) is 11.3. The second kappa shape index (κ2) is 3.99. The third-order valence-corrected chi connectivity index (χ3v) is 5.40. The van der Waals surface area contributed by atoms with E-state index in [2.05, 4.69) is 5.32 Å². The van der Waals surface area contributed by atoms with Gasteiger partial charge in [-0.05, 0) is 55.1 Å². The van der Waals surface area contributed by atoms with Crippen molar-refractivity contribution in [2.75, 3.05) is 12.4 Å². The summed E-state index contributed by atoms with van der Waals surface area (Å²) < 4.78 is 5.28. The largest absolute Gasteiger partial charge is 0.495 e. The van der Waals surface area contributed by atoms with E-state index in [4.69, 9.17) is 4.74 Å². The van der Waals surface area contributed by atoms with E-state index >= 15 is 0 Å². The molecule has 3 heteroatoms. The first-order valence-electron chi connectivity index (χ1n) is 7.23. The second-order valence-electron chi connectivity index (χ2n) is 6.20. The Balaban J connectivity index is 1.48. The zero-order chi connectivity index (χ0) is 13.0. The van der Waals surface area contributed by atoms with Gasteiger partial charge < -0.3 is 10.1 Å². The molecule has 3 aliphatic carbocycles. The zero-order valence-corrected chi connectivity index (χ0v) is 11.1. The molecule has 1 amide bonds. The van der Waals surface area contributed by atoms with Gasteiger partial charge >= 0.3 is 0 Å². The summed E-state index contributed by atoms with van der Waals surface area (Å²) >= 11 is 0. The number of rotatable bonds is 3. The van der Waals surface area contributed by atoms with Crippen molar-refractivity contribution in [2.45, 2.75) is 19.3 Å². The molecule has 4 rings (SSSR count). The summed E-state index contributed by atoms with van der Waals surface area (Å²) in [6.07, 6.45) is 4.09. The van der Waals surface area contributed by atoms with Crippen molar-refractivity contribution in [3.05, 3.63) is 24.3 Å². The van der Waals surface area contributed by atoms with E-state index in [1.54, 1.807) is 7.11 Å². The van der Waals surface area contributed by atoms with Gasteiger partial charge in [0.1, 0.15) is 5.75 Å². The Bertz CT molecular complexity index is 511. The molecule has 3 aliphatic rings. The SMILES string of the molecule is COc1ccccc1NC(=O)C1C2C3CCC(C3)C12. The molecule has 0 heterocycles. The number of carbonyl (C=O) groups is 1. The van der Waals surface area contributed by atoms with Crippen LogP contribution in [0.3, 0.4) is 0 Å². The lowest BCUT2D eigenvalue weighted by molar-refractivity contribution is -0.118. The van der Waals surface area contributed by atoms with Crippen LogP contribution in [0.15, 0.2) is 24.3 Å². The third kappa shape index (κ3) is 1.60. The fourth-order valence-electron chi connectivity index (χ4n) is 4.64. The molecule has 2 bridgehead atoms. The molecule has 3 fully saturated rings. The van der Waals surface area contributed by atoms with Crippen molar-refractivity contribution >= 4 is 11.6 Å². The third-order valence-electron chi connectivity index (χ3n) is 5.40. The van der Waals surface area contributed by atoms with Crippen LogP contribution in [0.2, 0.25) is 0 Å². The molecule has 0 aliphatic heterocycles. The predicted octanol–water partition coefficient (Wildman–Crippen LogP) is 2.93. The molecule has 4 atom stereocenters. The van der Waals surface area contributed by atoms with Crippen LogP contribution < -0.4 is 10.1 Å². The highest BCUT2D eigenvalue weighted by atomic mass is 16.5. The first-order valence-corrected chi connectivity index (χ1v) is 7.23. The molecule has 0 saturated heterocycles. The number of ether oxygens (including phenoxy) is 1. The number of amides is 1. The Morgan fingerprint density at radius 2 is 1.89 bits per heavy atom. The molecule has 3 nitrogen and oxygen atoms in total. The number of nitrogens with one attached hydrogen (secondary N) is 1. The standard InChI is InChI=1S/C16H19NO2/c1-19-12-5-3-2-4-11(12)17-16(18)15-13-9-6-7-10(8-9)14(13)15/h2-5,9-10,13-15H,6-8H2,1H3,(H,17,18). The molecule has 1 N–H and O–H groups in total. The average Bonchev–Trinajstić information content (AvgIpc) is 2.88. The average molecular weight is 257 g/mol.